The molecular formula is C17H27N3OS. The predicted molar refractivity (Wildman–Crippen MR) is 91.1 cm³/mol. The SMILES string of the molecule is CC1CNCCN1C(C(=O)N1CCCCCC1)c1cccs1. The third-order valence-corrected chi connectivity index (χ3v) is 5.77. The molecule has 0 saturated carbocycles. The molecule has 0 bridgehead atoms. The number of piperazine rings is 1. The number of rotatable bonds is 3. The minimum absolute atomic E-state index is 0.0878. The molecule has 0 radical (unpaired) electrons. The highest BCUT2D eigenvalue weighted by Crippen LogP contribution is 2.30. The summed E-state index contributed by atoms with van der Waals surface area (Å²) in [5.74, 6) is 0.318. The van der Waals surface area contributed by atoms with Crippen molar-refractivity contribution in [3.8, 4) is 0 Å². The summed E-state index contributed by atoms with van der Waals surface area (Å²) >= 11 is 1.71. The van der Waals surface area contributed by atoms with E-state index in [4.69, 9.17) is 0 Å². The van der Waals surface area contributed by atoms with Crippen molar-refractivity contribution in [2.75, 3.05) is 32.7 Å². The zero-order valence-electron chi connectivity index (χ0n) is 13.5. The van der Waals surface area contributed by atoms with Crippen LogP contribution in [0.5, 0.6) is 0 Å². The lowest BCUT2D eigenvalue weighted by atomic mass is 10.1. The Morgan fingerprint density at radius 3 is 2.68 bits per heavy atom. The molecular weight excluding hydrogens is 294 g/mol. The summed E-state index contributed by atoms with van der Waals surface area (Å²) in [6, 6.07) is 4.50. The third kappa shape index (κ3) is 3.53. The first-order valence-corrected chi connectivity index (χ1v) is 9.44. The Morgan fingerprint density at radius 1 is 1.27 bits per heavy atom. The van der Waals surface area contributed by atoms with Crippen LogP contribution < -0.4 is 5.32 Å². The normalized spacial score (nSPS) is 25.7. The lowest BCUT2D eigenvalue weighted by Crippen LogP contribution is -2.54. The maximum absolute atomic E-state index is 13.3. The second-order valence-electron chi connectivity index (χ2n) is 6.45. The number of nitrogens with zero attached hydrogens (tertiary/aromatic N) is 2. The van der Waals surface area contributed by atoms with Crippen molar-refractivity contribution in [2.24, 2.45) is 0 Å². The Kier molecular flexibility index (Phi) is 5.50. The van der Waals surface area contributed by atoms with Gasteiger partial charge in [-0.05, 0) is 31.2 Å². The highest BCUT2D eigenvalue weighted by Gasteiger charge is 2.35. The second kappa shape index (κ2) is 7.57. The summed E-state index contributed by atoms with van der Waals surface area (Å²) in [7, 11) is 0. The molecule has 0 spiro atoms. The predicted octanol–water partition coefficient (Wildman–Crippen LogP) is 2.49. The van der Waals surface area contributed by atoms with Gasteiger partial charge in [0.1, 0.15) is 6.04 Å². The van der Waals surface area contributed by atoms with Crippen LogP contribution in [0.1, 0.15) is 43.5 Å². The van der Waals surface area contributed by atoms with E-state index in [2.05, 4.69) is 39.6 Å². The van der Waals surface area contributed by atoms with Gasteiger partial charge in [0.05, 0.1) is 0 Å². The summed E-state index contributed by atoms with van der Waals surface area (Å²) in [4.78, 5) is 19.0. The van der Waals surface area contributed by atoms with Crippen LogP contribution in [0.3, 0.4) is 0 Å². The minimum atomic E-state index is -0.0878. The van der Waals surface area contributed by atoms with Crippen LogP contribution in [-0.2, 0) is 4.79 Å². The summed E-state index contributed by atoms with van der Waals surface area (Å²) in [6.45, 7) is 6.97. The largest absolute Gasteiger partial charge is 0.341 e. The number of nitrogens with one attached hydrogen (secondary N) is 1. The van der Waals surface area contributed by atoms with Crippen molar-refractivity contribution >= 4 is 17.2 Å². The molecule has 3 rings (SSSR count). The van der Waals surface area contributed by atoms with Gasteiger partial charge in [-0.25, -0.2) is 0 Å². The maximum Gasteiger partial charge on any atom is 0.245 e. The Labute approximate surface area is 137 Å². The van der Waals surface area contributed by atoms with Crippen LogP contribution in [-0.4, -0.2) is 54.5 Å². The number of likely N-dealkylation sites (tertiary alicyclic amines) is 1. The van der Waals surface area contributed by atoms with Gasteiger partial charge in [0.15, 0.2) is 0 Å². The average molecular weight is 321 g/mol. The van der Waals surface area contributed by atoms with Gasteiger partial charge in [-0.15, -0.1) is 11.3 Å². The lowest BCUT2D eigenvalue weighted by Gasteiger charge is -2.40. The van der Waals surface area contributed by atoms with Crippen molar-refractivity contribution in [1.29, 1.82) is 0 Å². The van der Waals surface area contributed by atoms with Gasteiger partial charge in [0, 0.05) is 43.6 Å². The number of carbonyl (C=O) groups is 1. The van der Waals surface area contributed by atoms with Gasteiger partial charge in [-0.1, -0.05) is 18.9 Å². The Balaban J connectivity index is 1.82. The topological polar surface area (TPSA) is 35.6 Å². The van der Waals surface area contributed by atoms with Gasteiger partial charge in [0.2, 0.25) is 5.91 Å². The van der Waals surface area contributed by atoms with E-state index < -0.39 is 0 Å². The fourth-order valence-electron chi connectivity index (χ4n) is 3.58. The number of hydrogen-bond donors (Lipinski definition) is 1. The Morgan fingerprint density at radius 2 is 2.05 bits per heavy atom. The van der Waals surface area contributed by atoms with Crippen LogP contribution >= 0.6 is 11.3 Å². The molecule has 0 aromatic carbocycles. The molecule has 2 atom stereocenters. The van der Waals surface area contributed by atoms with E-state index in [0.29, 0.717) is 11.9 Å². The number of hydrogen-bond acceptors (Lipinski definition) is 4. The highest BCUT2D eigenvalue weighted by atomic mass is 32.1. The maximum atomic E-state index is 13.3. The first kappa shape index (κ1) is 16.0. The smallest absolute Gasteiger partial charge is 0.245 e. The quantitative estimate of drug-likeness (QED) is 0.929. The average Bonchev–Trinajstić information content (AvgIpc) is 2.90. The molecule has 5 heteroatoms. The molecule has 1 aromatic rings. The summed E-state index contributed by atoms with van der Waals surface area (Å²) in [5, 5.41) is 5.52. The van der Waals surface area contributed by atoms with Crippen LogP contribution in [0, 0.1) is 0 Å². The van der Waals surface area contributed by atoms with Gasteiger partial charge >= 0.3 is 0 Å². The van der Waals surface area contributed by atoms with Gasteiger partial charge < -0.3 is 10.2 Å². The van der Waals surface area contributed by atoms with E-state index in [1.807, 2.05) is 0 Å². The summed E-state index contributed by atoms with van der Waals surface area (Å²) < 4.78 is 0. The van der Waals surface area contributed by atoms with Gasteiger partial charge in [0.25, 0.3) is 0 Å². The number of amides is 1. The third-order valence-electron chi connectivity index (χ3n) is 4.85. The van der Waals surface area contributed by atoms with Gasteiger partial charge in [-0.2, -0.15) is 0 Å². The van der Waals surface area contributed by atoms with Crippen LogP contribution in [0.4, 0.5) is 0 Å². The molecule has 3 heterocycles. The summed E-state index contributed by atoms with van der Waals surface area (Å²) in [5.41, 5.74) is 0. The molecule has 2 aliphatic heterocycles. The summed E-state index contributed by atoms with van der Waals surface area (Å²) in [6.07, 6.45) is 4.83. The number of thiophene rings is 1. The zero-order valence-corrected chi connectivity index (χ0v) is 14.3. The first-order chi connectivity index (χ1) is 10.8. The number of carbonyl (C=O) groups excluding carboxylic acids is 1. The van der Waals surface area contributed by atoms with E-state index in [0.717, 1.165) is 45.6 Å². The van der Waals surface area contributed by atoms with Crippen LogP contribution in [0.25, 0.3) is 0 Å². The van der Waals surface area contributed by atoms with Crippen molar-refractivity contribution in [2.45, 2.75) is 44.7 Å². The van der Waals surface area contributed by atoms with Crippen molar-refractivity contribution in [3.05, 3.63) is 22.4 Å². The van der Waals surface area contributed by atoms with Crippen LogP contribution in [0.15, 0.2) is 17.5 Å². The molecule has 2 saturated heterocycles. The van der Waals surface area contributed by atoms with Crippen molar-refractivity contribution in [3.63, 3.8) is 0 Å². The van der Waals surface area contributed by atoms with E-state index in [1.165, 1.54) is 17.7 Å². The van der Waals surface area contributed by atoms with E-state index >= 15 is 0 Å². The zero-order chi connectivity index (χ0) is 15.4. The lowest BCUT2D eigenvalue weighted by molar-refractivity contribution is -0.138. The second-order valence-corrected chi connectivity index (χ2v) is 7.43. The first-order valence-electron chi connectivity index (χ1n) is 8.56. The fraction of sp³-hybridized carbons (Fsp3) is 0.706. The molecule has 2 fully saturated rings. The minimum Gasteiger partial charge on any atom is -0.341 e. The molecule has 2 aliphatic rings. The molecule has 1 aromatic heterocycles. The van der Waals surface area contributed by atoms with Gasteiger partial charge in [-0.3, -0.25) is 9.69 Å². The van der Waals surface area contributed by atoms with E-state index in [9.17, 15) is 4.79 Å². The fourth-order valence-corrected chi connectivity index (χ4v) is 4.41. The van der Waals surface area contributed by atoms with E-state index in [-0.39, 0.29) is 6.04 Å². The molecule has 122 valence electrons. The standard InChI is InChI=1S/C17H27N3OS/c1-14-13-18-8-11-20(14)16(15-7-6-12-22-15)17(21)19-9-4-2-3-5-10-19/h6-7,12,14,16,18H,2-5,8-11,13H2,1H3. The van der Waals surface area contributed by atoms with E-state index in [1.54, 1.807) is 11.3 Å². The Bertz CT molecular complexity index is 468. The van der Waals surface area contributed by atoms with Crippen molar-refractivity contribution < 1.29 is 4.79 Å². The molecule has 2 unspecified atom stereocenters. The molecule has 22 heavy (non-hydrogen) atoms. The van der Waals surface area contributed by atoms with Crippen molar-refractivity contribution in [1.82, 2.24) is 15.1 Å². The monoisotopic (exact) mass is 321 g/mol. The molecule has 4 nitrogen and oxygen atoms in total. The Hall–Kier alpha value is -0.910. The highest BCUT2D eigenvalue weighted by molar-refractivity contribution is 7.10. The molecule has 1 amide bonds. The molecule has 0 aliphatic carbocycles. The molecule has 1 N–H and O–H groups in total. The van der Waals surface area contributed by atoms with Crippen LogP contribution in [0.2, 0.25) is 0 Å².